The van der Waals surface area contributed by atoms with Crippen LogP contribution >= 0.6 is 0 Å². The molecule has 1 heterocycles. The molecule has 24 heavy (non-hydrogen) atoms. The zero-order valence-corrected chi connectivity index (χ0v) is 14.9. The van der Waals surface area contributed by atoms with Gasteiger partial charge >= 0.3 is 5.97 Å². The second-order valence-electron chi connectivity index (χ2n) is 6.28. The van der Waals surface area contributed by atoms with Gasteiger partial charge in [0.1, 0.15) is 17.4 Å². The van der Waals surface area contributed by atoms with Gasteiger partial charge in [-0.1, -0.05) is 6.07 Å². The lowest BCUT2D eigenvalue weighted by Gasteiger charge is -2.28. The van der Waals surface area contributed by atoms with E-state index < -0.39 is 0 Å². The number of carbonyl (C=O) groups is 1. The van der Waals surface area contributed by atoms with Crippen molar-refractivity contribution >= 4 is 5.97 Å². The smallest absolute Gasteiger partial charge is 0.314 e. The molecule has 5 heteroatoms. The fourth-order valence-electron chi connectivity index (χ4n) is 3.20. The minimum atomic E-state index is -0.0175. The van der Waals surface area contributed by atoms with Crippen LogP contribution in [0.25, 0.3) is 0 Å². The molecule has 0 aromatic heterocycles. The fraction of sp³-hybridized carbons (Fsp3) is 0.632. The molecule has 134 valence electrons. The highest BCUT2D eigenvalue weighted by Crippen LogP contribution is 2.18. The molecular weight excluding hydrogens is 306 g/mol. The summed E-state index contributed by atoms with van der Waals surface area (Å²) in [4.78, 5) is 13.4. The summed E-state index contributed by atoms with van der Waals surface area (Å²) in [6.45, 7) is 6.22. The number of ether oxygens (including phenoxy) is 3. The first-order valence-electron chi connectivity index (χ1n) is 9.00. The van der Waals surface area contributed by atoms with Crippen molar-refractivity contribution < 1.29 is 23.9 Å². The quantitative estimate of drug-likeness (QED) is 0.551. The number of nitrogens with one attached hydrogen (secondary N) is 1. The number of hydrogen-bond acceptors (Lipinski definition) is 4. The standard InChI is InChI=1S/C19H29NO4/c1-3-23-19(21)16-8-7-12-20(15-16)11-4-5-13-24-18-10-6-9-17(14-18)22-2/h6,9-10,14,16H,3-5,7-8,11-13,15H2,1-2H3/p+1/t16-/m0/s1. The third-order valence-electron chi connectivity index (χ3n) is 4.47. The molecule has 1 N–H and O–H groups in total. The molecule has 1 saturated heterocycles. The Hall–Kier alpha value is -1.75. The molecule has 0 amide bonds. The van der Waals surface area contributed by atoms with Gasteiger partial charge in [-0.25, -0.2) is 0 Å². The minimum absolute atomic E-state index is 0.0175. The van der Waals surface area contributed by atoms with Crippen LogP contribution in [-0.2, 0) is 9.53 Å². The van der Waals surface area contributed by atoms with Gasteiger partial charge in [0, 0.05) is 6.07 Å². The minimum Gasteiger partial charge on any atom is -0.497 e. The van der Waals surface area contributed by atoms with E-state index in [0.29, 0.717) is 13.2 Å². The van der Waals surface area contributed by atoms with Crippen molar-refractivity contribution in [1.82, 2.24) is 0 Å². The molecule has 0 aliphatic carbocycles. The predicted octanol–water partition coefficient (Wildman–Crippen LogP) is 1.71. The Balaban J connectivity index is 1.62. The first-order chi connectivity index (χ1) is 11.7. The number of benzene rings is 1. The van der Waals surface area contributed by atoms with Crippen molar-refractivity contribution in [2.24, 2.45) is 5.92 Å². The van der Waals surface area contributed by atoms with E-state index in [1.165, 1.54) is 4.90 Å². The molecule has 0 spiro atoms. The Morgan fingerprint density at radius 3 is 2.92 bits per heavy atom. The van der Waals surface area contributed by atoms with E-state index in [4.69, 9.17) is 14.2 Å². The van der Waals surface area contributed by atoms with Crippen LogP contribution in [0.5, 0.6) is 11.5 Å². The van der Waals surface area contributed by atoms with Crippen molar-refractivity contribution in [3.8, 4) is 11.5 Å². The third kappa shape index (κ3) is 6.04. The van der Waals surface area contributed by atoms with Crippen LogP contribution in [0, 0.1) is 5.92 Å². The number of hydrogen-bond donors (Lipinski definition) is 1. The lowest BCUT2D eigenvalue weighted by molar-refractivity contribution is -0.907. The van der Waals surface area contributed by atoms with E-state index in [0.717, 1.165) is 56.8 Å². The van der Waals surface area contributed by atoms with Crippen molar-refractivity contribution in [3.05, 3.63) is 24.3 Å². The van der Waals surface area contributed by atoms with Gasteiger partial charge in [-0.15, -0.1) is 0 Å². The van der Waals surface area contributed by atoms with E-state index in [1.54, 1.807) is 7.11 Å². The zero-order valence-electron chi connectivity index (χ0n) is 14.9. The normalized spacial score (nSPS) is 20.4. The van der Waals surface area contributed by atoms with E-state index in [-0.39, 0.29) is 11.9 Å². The predicted molar refractivity (Wildman–Crippen MR) is 92.6 cm³/mol. The topological polar surface area (TPSA) is 49.2 Å². The summed E-state index contributed by atoms with van der Waals surface area (Å²) in [5.74, 6) is 1.73. The van der Waals surface area contributed by atoms with Gasteiger partial charge in [0.05, 0.1) is 40.0 Å². The van der Waals surface area contributed by atoms with Crippen LogP contribution in [0.15, 0.2) is 24.3 Å². The molecule has 1 aromatic rings. The summed E-state index contributed by atoms with van der Waals surface area (Å²) in [5.41, 5.74) is 0. The highest BCUT2D eigenvalue weighted by atomic mass is 16.5. The van der Waals surface area contributed by atoms with E-state index in [2.05, 4.69) is 0 Å². The van der Waals surface area contributed by atoms with Crippen molar-refractivity contribution in [1.29, 1.82) is 0 Å². The van der Waals surface area contributed by atoms with Crippen LogP contribution in [0.4, 0.5) is 0 Å². The molecule has 1 aromatic carbocycles. The summed E-state index contributed by atoms with van der Waals surface area (Å²) in [7, 11) is 1.66. The Labute approximate surface area is 144 Å². The molecular formula is C19H30NO4+. The highest BCUT2D eigenvalue weighted by Gasteiger charge is 2.29. The van der Waals surface area contributed by atoms with E-state index in [1.807, 2.05) is 31.2 Å². The Morgan fingerprint density at radius 1 is 1.29 bits per heavy atom. The van der Waals surface area contributed by atoms with Crippen LogP contribution in [-0.4, -0.2) is 45.9 Å². The first kappa shape index (κ1) is 18.6. The first-order valence-corrected chi connectivity index (χ1v) is 9.00. The summed E-state index contributed by atoms with van der Waals surface area (Å²) >= 11 is 0. The molecule has 0 bridgehead atoms. The largest absolute Gasteiger partial charge is 0.497 e. The number of quaternary nitrogens is 1. The van der Waals surface area contributed by atoms with Crippen molar-refractivity contribution in [2.75, 3.05) is 40.0 Å². The van der Waals surface area contributed by atoms with Crippen LogP contribution in [0.1, 0.15) is 32.6 Å². The SMILES string of the molecule is CCOC(=O)[C@H]1CCC[NH+](CCCCOc2cccc(OC)c2)C1. The summed E-state index contributed by atoms with van der Waals surface area (Å²) < 4.78 is 16.1. The van der Waals surface area contributed by atoms with Crippen LogP contribution < -0.4 is 14.4 Å². The monoisotopic (exact) mass is 336 g/mol. The second kappa shape index (κ2) is 10.2. The van der Waals surface area contributed by atoms with Gasteiger partial charge in [-0.2, -0.15) is 0 Å². The lowest BCUT2D eigenvalue weighted by Crippen LogP contribution is -3.13. The average molecular weight is 336 g/mol. The molecule has 1 fully saturated rings. The Morgan fingerprint density at radius 2 is 2.12 bits per heavy atom. The molecule has 5 nitrogen and oxygen atoms in total. The highest BCUT2D eigenvalue weighted by molar-refractivity contribution is 5.72. The van der Waals surface area contributed by atoms with Gasteiger partial charge < -0.3 is 19.1 Å². The maximum Gasteiger partial charge on any atom is 0.314 e. The molecule has 1 unspecified atom stereocenters. The molecule has 2 rings (SSSR count). The van der Waals surface area contributed by atoms with Gasteiger partial charge in [0.25, 0.3) is 0 Å². The number of likely N-dealkylation sites (tertiary alicyclic amines) is 1. The van der Waals surface area contributed by atoms with Crippen LogP contribution in [0.3, 0.4) is 0 Å². The maximum absolute atomic E-state index is 11.9. The van der Waals surface area contributed by atoms with E-state index >= 15 is 0 Å². The molecule has 0 saturated carbocycles. The number of piperidine rings is 1. The third-order valence-corrected chi connectivity index (χ3v) is 4.47. The number of carbonyl (C=O) groups excluding carboxylic acids is 1. The van der Waals surface area contributed by atoms with Crippen molar-refractivity contribution in [3.63, 3.8) is 0 Å². The summed E-state index contributed by atoms with van der Waals surface area (Å²) in [6.07, 6.45) is 4.21. The average Bonchev–Trinajstić information content (AvgIpc) is 2.62. The fourth-order valence-corrected chi connectivity index (χ4v) is 3.20. The molecule has 1 aliphatic heterocycles. The van der Waals surface area contributed by atoms with Crippen molar-refractivity contribution in [2.45, 2.75) is 32.6 Å². The van der Waals surface area contributed by atoms with Gasteiger partial charge in [-0.05, 0) is 44.7 Å². The molecule has 2 atom stereocenters. The summed E-state index contributed by atoms with van der Waals surface area (Å²) in [6, 6.07) is 7.69. The van der Waals surface area contributed by atoms with Gasteiger partial charge in [-0.3, -0.25) is 4.79 Å². The summed E-state index contributed by atoms with van der Waals surface area (Å²) in [5, 5.41) is 0. The Kier molecular flexibility index (Phi) is 7.89. The number of esters is 1. The lowest BCUT2D eigenvalue weighted by atomic mass is 9.98. The molecule has 0 radical (unpaired) electrons. The zero-order chi connectivity index (χ0) is 17.2. The number of unbranched alkanes of at least 4 members (excludes halogenated alkanes) is 1. The van der Waals surface area contributed by atoms with Gasteiger partial charge in [0.2, 0.25) is 0 Å². The Bertz CT molecular complexity index is 506. The van der Waals surface area contributed by atoms with E-state index in [9.17, 15) is 4.79 Å². The van der Waals surface area contributed by atoms with Crippen LogP contribution in [0.2, 0.25) is 0 Å². The second-order valence-corrected chi connectivity index (χ2v) is 6.28. The van der Waals surface area contributed by atoms with Gasteiger partial charge in [0.15, 0.2) is 0 Å². The maximum atomic E-state index is 11.9. The molecule has 1 aliphatic rings. The number of methoxy groups -OCH3 is 1. The number of rotatable bonds is 9.